The Morgan fingerprint density at radius 1 is 1.00 bits per heavy atom. The fourth-order valence-electron chi connectivity index (χ4n) is 5.07. The number of carbonyl (C=O) groups excluding carboxylic acids is 2. The molecule has 8 nitrogen and oxygen atoms in total. The Labute approximate surface area is 224 Å². The van der Waals surface area contributed by atoms with Crippen LogP contribution >= 0.6 is 11.3 Å². The van der Waals surface area contributed by atoms with E-state index in [4.69, 9.17) is 0 Å². The van der Waals surface area contributed by atoms with Gasteiger partial charge in [0.2, 0.25) is 10.0 Å². The molecule has 1 aromatic heterocycles. The minimum absolute atomic E-state index is 0.0241. The largest absolute Gasteiger partial charge is 0.339 e. The highest BCUT2D eigenvalue weighted by atomic mass is 32.2. The van der Waals surface area contributed by atoms with Crippen LogP contribution in [0.1, 0.15) is 77.1 Å². The summed E-state index contributed by atoms with van der Waals surface area (Å²) in [5.74, 6) is -0.371. The quantitative estimate of drug-likeness (QED) is 0.503. The van der Waals surface area contributed by atoms with Crippen LogP contribution in [0, 0.1) is 0 Å². The number of hydrogen-bond acceptors (Lipinski definition) is 6. The Morgan fingerprint density at radius 2 is 1.65 bits per heavy atom. The zero-order chi connectivity index (χ0) is 26.6. The highest BCUT2D eigenvalue weighted by Crippen LogP contribution is 2.38. The van der Waals surface area contributed by atoms with Gasteiger partial charge in [0.25, 0.3) is 11.8 Å². The second-order valence-corrected chi connectivity index (χ2v) is 13.0. The average molecular weight is 547 g/mol. The standard InChI is InChI=1S/C27H38N4O4S2/c1-4-14-30(15-5-2)27(33)24-22-13-18-29(3)19-23(22)36-26(24)28-25(32)20-9-11-21(12-10-20)37(34,35)31-16-7-6-8-17-31/h9-12H,4-8,13-19H2,1-3H3,(H,28,32). The predicted octanol–water partition coefficient (Wildman–Crippen LogP) is 4.43. The molecule has 0 saturated carbocycles. The number of benzene rings is 1. The number of nitrogens with zero attached hydrogens (tertiary/aromatic N) is 3. The fourth-order valence-corrected chi connectivity index (χ4v) is 7.90. The van der Waals surface area contributed by atoms with E-state index in [9.17, 15) is 18.0 Å². The lowest BCUT2D eigenvalue weighted by atomic mass is 10.0. The first-order valence-corrected chi connectivity index (χ1v) is 15.6. The van der Waals surface area contributed by atoms with Gasteiger partial charge < -0.3 is 15.1 Å². The maximum absolute atomic E-state index is 13.7. The molecule has 37 heavy (non-hydrogen) atoms. The van der Waals surface area contributed by atoms with Crippen LogP contribution in [0.25, 0.3) is 0 Å². The second kappa shape index (κ2) is 12.1. The third-order valence-corrected chi connectivity index (χ3v) is 10.1. The fraction of sp³-hybridized carbons (Fsp3) is 0.556. The molecule has 1 saturated heterocycles. The summed E-state index contributed by atoms with van der Waals surface area (Å²) in [5, 5.41) is 3.58. The van der Waals surface area contributed by atoms with Crippen molar-refractivity contribution in [2.24, 2.45) is 0 Å². The van der Waals surface area contributed by atoms with Crippen LogP contribution in [0.3, 0.4) is 0 Å². The Morgan fingerprint density at radius 3 is 2.27 bits per heavy atom. The van der Waals surface area contributed by atoms with Crippen molar-refractivity contribution >= 4 is 38.2 Å². The third kappa shape index (κ3) is 6.08. The number of fused-ring (bicyclic) bond motifs is 1. The highest BCUT2D eigenvalue weighted by molar-refractivity contribution is 7.89. The van der Waals surface area contributed by atoms with Crippen LogP contribution < -0.4 is 5.32 Å². The minimum Gasteiger partial charge on any atom is -0.339 e. The van der Waals surface area contributed by atoms with Crippen molar-refractivity contribution in [2.75, 3.05) is 45.1 Å². The topological polar surface area (TPSA) is 90.0 Å². The van der Waals surface area contributed by atoms with Crippen LogP contribution in [0.15, 0.2) is 29.2 Å². The maximum atomic E-state index is 13.7. The van der Waals surface area contributed by atoms with Gasteiger partial charge >= 0.3 is 0 Å². The first-order valence-electron chi connectivity index (χ1n) is 13.3. The van der Waals surface area contributed by atoms with Gasteiger partial charge in [-0.25, -0.2) is 8.42 Å². The monoisotopic (exact) mass is 546 g/mol. The van der Waals surface area contributed by atoms with Crippen molar-refractivity contribution in [2.45, 2.75) is 63.8 Å². The molecule has 1 fully saturated rings. The summed E-state index contributed by atoms with van der Waals surface area (Å²) in [5.41, 5.74) is 2.02. The van der Waals surface area contributed by atoms with Gasteiger partial charge in [-0.2, -0.15) is 4.31 Å². The molecule has 1 aromatic carbocycles. The number of piperidine rings is 1. The number of carbonyl (C=O) groups is 2. The Bertz CT molecular complexity index is 1210. The smallest absolute Gasteiger partial charge is 0.257 e. The van der Waals surface area contributed by atoms with Crippen LogP contribution in [-0.4, -0.2) is 74.1 Å². The van der Waals surface area contributed by atoms with Crippen LogP contribution in [-0.2, 0) is 23.0 Å². The molecule has 0 bridgehead atoms. The molecule has 2 aliphatic heterocycles. The van der Waals surface area contributed by atoms with Crippen molar-refractivity contribution in [1.29, 1.82) is 0 Å². The van der Waals surface area contributed by atoms with Gasteiger partial charge in [-0.3, -0.25) is 9.59 Å². The molecule has 3 heterocycles. The van der Waals surface area contributed by atoms with Crippen molar-refractivity contribution in [3.05, 3.63) is 45.8 Å². The zero-order valence-corrected chi connectivity index (χ0v) is 23.7. The number of rotatable bonds is 9. The summed E-state index contributed by atoms with van der Waals surface area (Å²) < 4.78 is 27.5. The molecule has 0 aliphatic carbocycles. The maximum Gasteiger partial charge on any atom is 0.257 e. The number of nitrogens with one attached hydrogen (secondary N) is 1. The first kappa shape index (κ1) is 27.8. The second-order valence-electron chi connectivity index (χ2n) is 9.93. The van der Waals surface area contributed by atoms with Gasteiger partial charge in [0, 0.05) is 49.7 Å². The molecule has 0 spiro atoms. The SMILES string of the molecule is CCCN(CCC)C(=O)c1c(NC(=O)c2ccc(S(=O)(=O)N3CCCCC3)cc2)sc2c1CCN(C)C2. The number of likely N-dealkylation sites (N-methyl/N-ethyl adjacent to an activating group) is 1. The van der Waals surface area contributed by atoms with Gasteiger partial charge in [-0.05, 0) is 69.0 Å². The Balaban J connectivity index is 1.59. The minimum atomic E-state index is -3.56. The van der Waals surface area contributed by atoms with Crippen molar-refractivity contribution < 1.29 is 18.0 Å². The van der Waals surface area contributed by atoms with E-state index in [2.05, 4.69) is 31.1 Å². The van der Waals surface area contributed by atoms with E-state index in [-0.39, 0.29) is 16.7 Å². The zero-order valence-electron chi connectivity index (χ0n) is 22.1. The number of sulfonamides is 1. The van der Waals surface area contributed by atoms with Crippen LogP contribution in [0.5, 0.6) is 0 Å². The number of hydrogen-bond donors (Lipinski definition) is 1. The molecule has 2 aliphatic rings. The van der Waals surface area contributed by atoms with E-state index in [1.807, 2.05) is 4.90 Å². The highest BCUT2D eigenvalue weighted by Gasteiger charge is 2.31. The summed E-state index contributed by atoms with van der Waals surface area (Å²) in [6.45, 7) is 8.17. The van der Waals surface area contributed by atoms with E-state index < -0.39 is 10.0 Å². The number of amides is 2. The summed E-state index contributed by atoms with van der Waals surface area (Å²) >= 11 is 1.47. The van der Waals surface area contributed by atoms with Gasteiger partial charge in [0.15, 0.2) is 0 Å². The molecule has 0 radical (unpaired) electrons. The van der Waals surface area contributed by atoms with Gasteiger partial charge in [-0.15, -0.1) is 11.3 Å². The van der Waals surface area contributed by atoms with Crippen LogP contribution in [0.2, 0.25) is 0 Å². The normalized spacial score (nSPS) is 16.8. The van der Waals surface area contributed by atoms with Crippen molar-refractivity contribution in [3.63, 3.8) is 0 Å². The third-order valence-electron chi connectivity index (χ3n) is 7.03. The lowest BCUT2D eigenvalue weighted by Crippen LogP contribution is -2.35. The van der Waals surface area contributed by atoms with Crippen molar-refractivity contribution in [1.82, 2.24) is 14.1 Å². The van der Waals surface area contributed by atoms with E-state index in [0.717, 1.165) is 62.1 Å². The summed E-state index contributed by atoms with van der Waals surface area (Å²) in [7, 11) is -1.50. The van der Waals surface area contributed by atoms with Crippen molar-refractivity contribution in [3.8, 4) is 0 Å². The average Bonchev–Trinajstić information content (AvgIpc) is 3.25. The molecular formula is C27H38N4O4S2. The summed E-state index contributed by atoms with van der Waals surface area (Å²) in [4.78, 5) is 32.3. The predicted molar refractivity (Wildman–Crippen MR) is 148 cm³/mol. The first-order chi connectivity index (χ1) is 17.8. The van der Waals surface area contributed by atoms with E-state index in [0.29, 0.717) is 42.3 Å². The number of anilines is 1. The van der Waals surface area contributed by atoms with E-state index in [1.54, 1.807) is 12.1 Å². The molecule has 4 rings (SSSR count). The molecule has 202 valence electrons. The molecule has 2 amide bonds. The van der Waals surface area contributed by atoms with Crippen LogP contribution in [0.4, 0.5) is 5.00 Å². The molecule has 0 unspecified atom stereocenters. The molecular weight excluding hydrogens is 508 g/mol. The van der Waals surface area contributed by atoms with E-state index in [1.165, 1.54) is 27.8 Å². The Kier molecular flexibility index (Phi) is 9.05. The van der Waals surface area contributed by atoms with Gasteiger partial charge in [0.05, 0.1) is 10.5 Å². The number of thiophene rings is 1. The molecule has 1 N–H and O–H groups in total. The van der Waals surface area contributed by atoms with Gasteiger partial charge in [-0.1, -0.05) is 20.3 Å². The van der Waals surface area contributed by atoms with Gasteiger partial charge in [0.1, 0.15) is 5.00 Å². The Hall–Kier alpha value is -2.27. The molecule has 2 aromatic rings. The lowest BCUT2D eigenvalue weighted by Gasteiger charge is -2.26. The molecule has 10 heteroatoms. The molecule has 0 atom stereocenters. The summed E-state index contributed by atoms with van der Waals surface area (Å²) in [6, 6.07) is 6.11. The lowest BCUT2D eigenvalue weighted by molar-refractivity contribution is 0.0755. The summed E-state index contributed by atoms with van der Waals surface area (Å²) in [6.07, 6.45) is 5.30. The van der Waals surface area contributed by atoms with E-state index >= 15 is 0 Å².